The topological polar surface area (TPSA) is 69.6 Å². The molecular formula is C12H13N5OS. The van der Waals surface area contributed by atoms with Gasteiger partial charge in [0.05, 0.1) is 0 Å². The standard InChI is InChI=1S/C12H13N5OS/c1-17-12(14-15-16-17)19-8-4-7-11-13-9-5-2-3-6-10(9)18-11/h2-3,5-6H,4,7-8H2,1H3. The van der Waals surface area contributed by atoms with E-state index in [1.165, 1.54) is 0 Å². The Kier molecular flexibility index (Phi) is 3.45. The number of nitrogens with zero attached hydrogens (tertiary/aromatic N) is 5. The van der Waals surface area contributed by atoms with Gasteiger partial charge in [-0.25, -0.2) is 9.67 Å². The van der Waals surface area contributed by atoms with Crippen LogP contribution >= 0.6 is 11.8 Å². The van der Waals surface area contributed by atoms with Gasteiger partial charge in [0.2, 0.25) is 5.16 Å². The first kappa shape index (κ1) is 12.2. The van der Waals surface area contributed by atoms with Crippen molar-refractivity contribution < 1.29 is 4.42 Å². The molecule has 0 aliphatic carbocycles. The molecule has 0 fully saturated rings. The summed E-state index contributed by atoms with van der Waals surface area (Å²) in [4.78, 5) is 4.44. The number of tetrazole rings is 1. The zero-order chi connectivity index (χ0) is 13.1. The van der Waals surface area contributed by atoms with Gasteiger partial charge in [0.15, 0.2) is 11.5 Å². The van der Waals surface area contributed by atoms with Crippen LogP contribution in [0, 0.1) is 0 Å². The lowest BCUT2D eigenvalue weighted by atomic mass is 10.3. The Morgan fingerprint density at radius 3 is 3.00 bits per heavy atom. The summed E-state index contributed by atoms with van der Waals surface area (Å²) in [5.41, 5.74) is 1.77. The van der Waals surface area contributed by atoms with E-state index in [0.29, 0.717) is 0 Å². The Hall–Kier alpha value is -1.89. The zero-order valence-electron chi connectivity index (χ0n) is 10.5. The predicted octanol–water partition coefficient (Wildman–Crippen LogP) is 2.08. The molecule has 7 heteroatoms. The molecule has 0 bridgehead atoms. The highest BCUT2D eigenvalue weighted by molar-refractivity contribution is 7.99. The number of aryl methyl sites for hydroxylation is 2. The van der Waals surface area contributed by atoms with Gasteiger partial charge in [0, 0.05) is 19.2 Å². The van der Waals surface area contributed by atoms with Crippen LogP contribution in [-0.4, -0.2) is 30.9 Å². The number of fused-ring (bicyclic) bond motifs is 1. The molecule has 0 aliphatic rings. The summed E-state index contributed by atoms with van der Waals surface area (Å²) in [6.07, 6.45) is 1.80. The lowest BCUT2D eigenvalue weighted by Gasteiger charge is -1.97. The van der Waals surface area contributed by atoms with Gasteiger partial charge in [-0.05, 0) is 29.0 Å². The monoisotopic (exact) mass is 275 g/mol. The Labute approximate surface area is 114 Å². The molecule has 0 N–H and O–H groups in total. The molecule has 2 heterocycles. The fourth-order valence-electron chi connectivity index (χ4n) is 1.76. The normalized spacial score (nSPS) is 11.2. The van der Waals surface area contributed by atoms with Crippen LogP contribution in [0.15, 0.2) is 33.8 Å². The minimum absolute atomic E-state index is 0.790. The zero-order valence-corrected chi connectivity index (χ0v) is 11.3. The Morgan fingerprint density at radius 2 is 2.21 bits per heavy atom. The second-order valence-corrected chi connectivity index (χ2v) is 5.17. The van der Waals surface area contributed by atoms with E-state index in [1.807, 2.05) is 31.3 Å². The lowest BCUT2D eigenvalue weighted by molar-refractivity contribution is 0.526. The average molecular weight is 275 g/mol. The van der Waals surface area contributed by atoms with E-state index in [9.17, 15) is 0 Å². The number of para-hydroxylation sites is 2. The number of hydrogen-bond donors (Lipinski definition) is 0. The summed E-state index contributed by atoms with van der Waals surface area (Å²) < 4.78 is 7.33. The van der Waals surface area contributed by atoms with Crippen molar-refractivity contribution in [2.75, 3.05) is 5.75 Å². The Balaban J connectivity index is 1.53. The molecule has 0 saturated carbocycles. The average Bonchev–Trinajstić information content (AvgIpc) is 3.00. The van der Waals surface area contributed by atoms with Crippen molar-refractivity contribution >= 4 is 22.9 Å². The van der Waals surface area contributed by atoms with Crippen LogP contribution in [-0.2, 0) is 13.5 Å². The van der Waals surface area contributed by atoms with Crippen LogP contribution in [0.2, 0.25) is 0 Å². The van der Waals surface area contributed by atoms with Gasteiger partial charge in [-0.15, -0.1) is 5.10 Å². The van der Waals surface area contributed by atoms with Crippen LogP contribution < -0.4 is 0 Å². The summed E-state index contributed by atoms with van der Waals surface area (Å²) >= 11 is 1.64. The van der Waals surface area contributed by atoms with Gasteiger partial charge in [-0.2, -0.15) is 0 Å². The molecule has 98 valence electrons. The van der Waals surface area contributed by atoms with E-state index >= 15 is 0 Å². The molecule has 0 spiro atoms. The van der Waals surface area contributed by atoms with Crippen molar-refractivity contribution in [1.82, 2.24) is 25.2 Å². The molecule has 0 atom stereocenters. The van der Waals surface area contributed by atoms with E-state index in [-0.39, 0.29) is 0 Å². The first-order valence-electron chi connectivity index (χ1n) is 6.02. The van der Waals surface area contributed by atoms with E-state index in [1.54, 1.807) is 16.4 Å². The van der Waals surface area contributed by atoms with Crippen molar-refractivity contribution in [2.24, 2.45) is 7.05 Å². The smallest absolute Gasteiger partial charge is 0.209 e. The quantitative estimate of drug-likeness (QED) is 0.524. The summed E-state index contributed by atoms with van der Waals surface area (Å²) in [5.74, 6) is 1.73. The summed E-state index contributed by atoms with van der Waals surface area (Å²) in [7, 11) is 1.84. The van der Waals surface area contributed by atoms with Gasteiger partial charge in [-0.1, -0.05) is 23.9 Å². The summed E-state index contributed by atoms with van der Waals surface area (Å²) in [6.45, 7) is 0. The molecule has 3 aromatic rings. The second kappa shape index (κ2) is 5.40. The molecule has 0 amide bonds. The number of rotatable bonds is 5. The SMILES string of the molecule is Cn1nnnc1SCCCc1nc2ccccc2o1. The maximum Gasteiger partial charge on any atom is 0.209 e. The molecule has 3 rings (SSSR count). The highest BCUT2D eigenvalue weighted by Gasteiger charge is 2.06. The molecule has 1 aromatic carbocycles. The van der Waals surface area contributed by atoms with Crippen molar-refractivity contribution in [2.45, 2.75) is 18.0 Å². The fourth-order valence-corrected chi connectivity index (χ4v) is 2.55. The van der Waals surface area contributed by atoms with Crippen LogP contribution in [0.3, 0.4) is 0 Å². The molecule has 0 aliphatic heterocycles. The van der Waals surface area contributed by atoms with Crippen LogP contribution in [0.1, 0.15) is 12.3 Å². The van der Waals surface area contributed by atoms with E-state index in [4.69, 9.17) is 4.42 Å². The second-order valence-electron chi connectivity index (χ2n) is 4.11. The Bertz CT molecular complexity index is 644. The maximum absolute atomic E-state index is 5.66. The molecule has 19 heavy (non-hydrogen) atoms. The van der Waals surface area contributed by atoms with Crippen LogP contribution in [0.4, 0.5) is 0 Å². The maximum atomic E-state index is 5.66. The van der Waals surface area contributed by atoms with Crippen molar-refractivity contribution in [3.05, 3.63) is 30.2 Å². The molecular weight excluding hydrogens is 262 g/mol. The third-order valence-electron chi connectivity index (χ3n) is 2.69. The van der Waals surface area contributed by atoms with Crippen molar-refractivity contribution in [3.63, 3.8) is 0 Å². The minimum atomic E-state index is 0.790. The van der Waals surface area contributed by atoms with E-state index < -0.39 is 0 Å². The van der Waals surface area contributed by atoms with Gasteiger partial charge in [-0.3, -0.25) is 0 Å². The first-order valence-corrected chi connectivity index (χ1v) is 7.01. The third kappa shape index (κ3) is 2.76. The number of aromatic nitrogens is 5. The van der Waals surface area contributed by atoms with E-state index in [0.717, 1.165) is 40.7 Å². The minimum Gasteiger partial charge on any atom is -0.441 e. The van der Waals surface area contributed by atoms with Crippen LogP contribution in [0.25, 0.3) is 11.1 Å². The highest BCUT2D eigenvalue weighted by atomic mass is 32.2. The molecule has 2 aromatic heterocycles. The van der Waals surface area contributed by atoms with Gasteiger partial charge >= 0.3 is 0 Å². The van der Waals surface area contributed by atoms with Crippen molar-refractivity contribution in [3.8, 4) is 0 Å². The lowest BCUT2D eigenvalue weighted by Crippen LogP contribution is -1.94. The van der Waals surface area contributed by atoms with E-state index in [2.05, 4.69) is 20.5 Å². The number of oxazole rings is 1. The third-order valence-corrected chi connectivity index (χ3v) is 3.78. The number of benzene rings is 1. The summed E-state index contributed by atoms with van der Waals surface area (Å²) in [6, 6.07) is 7.81. The Morgan fingerprint density at radius 1 is 1.32 bits per heavy atom. The number of thioether (sulfide) groups is 1. The molecule has 6 nitrogen and oxygen atoms in total. The van der Waals surface area contributed by atoms with Gasteiger partial charge in [0.25, 0.3) is 0 Å². The fraction of sp³-hybridized carbons (Fsp3) is 0.333. The molecule has 0 unspecified atom stereocenters. The predicted molar refractivity (Wildman–Crippen MR) is 71.9 cm³/mol. The van der Waals surface area contributed by atoms with Gasteiger partial charge in [0.1, 0.15) is 5.52 Å². The molecule has 0 radical (unpaired) electrons. The van der Waals surface area contributed by atoms with Gasteiger partial charge < -0.3 is 4.42 Å². The number of hydrogen-bond acceptors (Lipinski definition) is 6. The highest BCUT2D eigenvalue weighted by Crippen LogP contribution is 2.18. The van der Waals surface area contributed by atoms with Crippen LogP contribution in [0.5, 0.6) is 0 Å². The first-order chi connectivity index (χ1) is 9.33. The summed E-state index contributed by atoms with van der Waals surface area (Å²) in [5, 5.41) is 12.1. The largest absolute Gasteiger partial charge is 0.441 e. The van der Waals surface area contributed by atoms with Crippen molar-refractivity contribution in [1.29, 1.82) is 0 Å². The molecule has 0 saturated heterocycles.